The van der Waals surface area contributed by atoms with E-state index in [0.717, 1.165) is 12.2 Å². The van der Waals surface area contributed by atoms with E-state index in [4.69, 9.17) is 4.42 Å². The van der Waals surface area contributed by atoms with Gasteiger partial charge in [0.2, 0.25) is 0 Å². The van der Waals surface area contributed by atoms with Gasteiger partial charge in [0.1, 0.15) is 5.76 Å². The van der Waals surface area contributed by atoms with Crippen molar-refractivity contribution in [3.8, 4) is 0 Å². The summed E-state index contributed by atoms with van der Waals surface area (Å²) >= 11 is 0. The summed E-state index contributed by atoms with van der Waals surface area (Å²) in [6.07, 6.45) is 3.01. The van der Waals surface area contributed by atoms with E-state index in [1.54, 1.807) is 0 Å². The summed E-state index contributed by atoms with van der Waals surface area (Å²) in [5.41, 5.74) is 1.33. The Hall–Kier alpha value is -0.720. The van der Waals surface area contributed by atoms with Crippen molar-refractivity contribution in [2.75, 3.05) is 0 Å². The lowest BCUT2D eigenvalue weighted by Crippen LogP contribution is -1.91. The molecular formula is C11H18O. The SMILES string of the molecule is CC(C)Cc1coc(C(C)C)c1. The molecule has 12 heavy (non-hydrogen) atoms. The van der Waals surface area contributed by atoms with Crippen molar-refractivity contribution in [2.24, 2.45) is 5.92 Å². The van der Waals surface area contributed by atoms with Crippen molar-refractivity contribution in [2.45, 2.75) is 40.0 Å². The summed E-state index contributed by atoms with van der Waals surface area (Å²) in [5, 5.41) is 0. The van der Waals surface area contributed by atoms with Gasteiger partial charge in [-0.25, -0.2) is 0 Å². The second kappa shape index (κ2) is 3.79. The Balaban J connectivity index is 2.64. The molecule has 0 fully saturated rings. The Morgan fingerprint density at radius 2 is 1.92 bits per heavy atom. The molecule has 0 unspecified atom stereocenters. The van der Waals surface area contributed by atoms with Crippen LogP contribution in [-0.2, 0) is 6.42 Å². The van der Waals surface area contributed by atoms with Crippen molar-refractivity contribution in [1.29, 1.82) is 0 Å². The van der Waals surface area contributed by atoms with Crippen LogP contribution in [0.4, 0.5) is 0 Å². The van der Waals surface area contributed by atoms with E-state index in [-0.39, 0.29) is 0 Å². The molecule has 0 saturated carbocycles. The Morgan fingerprint density at radius 3 is 2.33 bits per heavy atom. The molecule has 1 heteroatoms. The lowest BCUT2D eigenvalue weighted by Gasteiger charge is -1.99. The van der Waals surface area contributed by atoms with Gasteiger partial charge in [-0.3, -0.25) is 0 Å². The fourth-order valence-electron chi connectivity index (χ4n) is 1.28. The first-order valence-electron chi connectivity index (χ1n) is 4.67. The van der Waals surface area contributed by atoms with Crippen LogP contribution in [0.25, 0.3) is 0 Å². The topological polar surface area (TPSA) is 13.1 Å². The third kappa shape index (κ3) is 2.40. The zero-order chi connectivity index (χ0) is 9.14. The molecule has 0 bridgehead atoms. The zero-order valence-electron chi connectivity index (χ0n) is 8.42. The molecule has 1 aromatic heterocycles. The highest BCUT2D eigenvalue weighted by molar-refractivity contribution is 5.15. The number of hydrogen-bond donors (Lipinski definition) is 0. The van der Waals surface area contributed by atoms with Crippen molar-refractivity contribution in [3.63, 3.8) is 0 Å². The molecule has 0 atom stereocenters. The predicted molar refractivity (Wildman–Crippen MR) is 51.3 cm³/mol. The molecule has 1 aromatic rings. The number of furan rings is 1. The first-order valence-corrected chi connectivity index (χ1v) is 4.67. The summed E-state index contributed by atoms with van der Waals surface area (Å²) in [6, 6.07) is 2.17. The average Bonchev–Trinajstić information content (AvgIpc) is 2.34. The van der Waals surface area contributed by atoms with Crippen LogP contribution in [0.5, 0.6) is 0 Å². The molecule has 1 nitrogen and oxygen atoms in total. The Morgan fingerprint density at radius 1 is 1.25 bits per heavy atom. The summed E-state index contributed by atoms with van der Waals surface area (Å²) in [6.45, 7) is 8.75. The van der Waals surface area contributed by atoms with E-state index in [9.17, 15) is 0 Å². The minimum absolute atomic E-state index is 0.505. The van der Waals surface area contributed by atoms with Crippen LogP contribution in [-0.4, -0.2) is 0 Å². The molecule has 0 aromatic carbocycles. The molecule has 0 aliphatic rings. The van der Waals surface area contributed by atoms with E-state index in [0.29, 0.717) is 11.8 Å². The van der Waals surface area contributed by atoms with E-state index in [1.807, 2.05) is 6.26 Å². The third-order valence-corrected chi connectivity index (χ3v) is 1.89. The average molecular weight is 166 g/mol. The predicted octanol–water partition coefficient (Wildman–Crippen LogP) is 3.60. The molecule has 1 rings (SSSR count). The maximum atomic E-state index is 5.43. The highest BCUT2D eigenvalue weighted by atomic mass is 16.3. The molecular weight excluding hydrogens is 148 g/mol. The second-order valence-electron chi connectivity index (χ2n) is 4.11. The first kappa shape index (κ1) is 9.37. The first-order chi connectivity index (χ1) is 5.59. The number of hydrogen-bond acceptors (Lipinski definition) is 1. The summed E-state index contributed by atoms with van der Waals surface area (Å²) < 4.78 is 5.43. The molecule has 0 saturated heterocycles. The summed E-state index contributed by atoms with van der Waals surface area (Å²) in [7, 11) is 0. The van der Waals surface area contributed by atoms with Gasteiger partial charge >= 0.3 is 0 Å². The van der Waals surface area contributed by atoms with E-state index in [2.05, 4.69) is 33.8 Å². The van der Waals surface area contributed by atoms with Crippen molar-refractivity contribution < 1.29 is 4.42 Å². The van der Waals surface area contributed by atoms with Gasteiger partial charge in [0, 0.05) is 5.92 Å². The van der Waals surface area contributed by atoms with Crippen LogP contribution < -0.4 is 0 Å². The molecule has 0 aliphatic carbocycles. The Kier molecular flexibility index (Phi) is 2.96. The lowest BCUT2D eigenvalue weighted by molar-refractivity contribution is 0.484. The van der Waals surface area contributed by atoms with Crippen LogP contribution >= 0.6 is 0 Å². The largest absolute Gasteiger partial charge is 0.469 e. The maximum absolute atomic E-state index is 5.43. The lowest BCUT2D eigenvalue weighted by atomic mass is 10.0. The van der Waals surface area contributed by atoms with Gasteiger partial charge in [-0.1, -0.05) is 27.7 Å². The van der Waals surface area contributed by atoms with Crippen molar-refractivity contribution in [1.82, 2.24) is 0 Å². The van der Waals surface area contributed by atoms with Crippen LogP contribution in [0, 0.1) is 5.92 Å². The molecule has 0 aliphatic heterocycles. The highest BCUT2D eigenvalue weighted by Gasteiger charge is 2.06. The summed E-state index contributed by atoms with van der Waals surface area (Å²) in [4.78, 5) is 0. The molecule has 0 spiro atoms. The Bertz CT molecular complexity index is 233. The van der Waals surface area contributed by atoms with Gasteiger partial charge in [0.25, 0.3) is 0 Å². The van der Waals surface area contributed by atoms with Gasteiger partial charge in [-0.15, -0.1) is 0 Å². The minimum Gasteiger partial charge on any atom is -0.469 e. The van der Waals surface area contributed by atoms with Gasteiger partial charge in [-0.2, -0.15) is 0 Å². The van der Waals surface area contributed by atoms with E-state index >= 15 is 0 Å². The molecule has 0 amide bonds. The molecule has 0 N–H and O–H groups in total. The Labute approximate surface area is 74.8 Å². The van der Waals surface area contributed by atoms with Gasteiger partial charge in [0.15, 0.2) is 0 Å². The van der Waals surface area contributed by atoms with Crippen LogP contribution in [0.1, 0.15) is 44.9 Å². The van der Waals surface area contributed by atoms with E-state index in [1.165, 1.54) is 5.56 Å². The smallest absolute Gasteiger partial charge is 0.106 e. The maximum Gasteiger partial charge on any atom is 0.106 e. The van der Waals surface area contributed by atoms with Crippen molar-refractivity contribution in [3.05, 3.63) is 23.7 Å². The molecule has 0 radical (unpaired) electrons. The third-order valence-electron chi connectivity index (χ3n) is 1.89. The van der Waals surface area contributed by atoms with Gasteiger partial charge < -0.3 is 4.42 Å². The van der Waals surface area contributed by atoms with E-state index < -0.39 is 0 Å². The van der Waals surface area contributed by atoms with Gasteiger partial charge in [-0.05, 0) is 24.0 Å². The monoisotopic (exact) mass is 166 g/mol. The van der Waals surface area contributed by atoms with Gasteiger partial charge in [0.05, 0.1) is 6.26 Å². The normalized spacial score (nSPS) is 11.5. The zero-order valence-corrected chi connectivity index (χ0v) is 8.42. The highest BCUT2D eigenvalue weighted by Crippen LogP contribution is 2.19. The fraction of sp³-hybridized carbons (Fsp3) is 0.636. The fourth-order valence-corrected chi connectivity index (χ4v) is 1.28. The second-order valence-corrected chi connectivity index (χ2v) is 4.11. The van der Waals surface area contributed by atoms with Crippen LogP contribution in [0.3, 0.4) is 0 Å². The molecule has 1 heterocycles. The quantitative estimate of drug-likeness (QED) is 0.668. The molecule has 68 valence electrons. The van der Waals surface area contributed by atoms with Crippen LogP contribution in [0.2, 0.25) is 0 Å². The van der Waals surface area contributed by atoms with Crippen LogP contribution in [0.15, 0.2) is 16.7 Å². The summed E-state index contributed by atoms with van der Waals surface area (Å²) in [5.74, 6) is 2.32. The standard InChI is InChI=1S/C11H18O/c1-8(2)5-10-6-11(9(3)4)12-7-10/h6-9H,5H2,1-4H3. The van der Waals surface area contributed by atoms with Crippen molar-refractivity contribution >= 4 is 0 Å². The minimum atomic E-state index is 0.505. The number of rotatable bonds is 3.